The number of piperidine rings is 1. The molecule has 2 aliphatic rings. The van der Waals surface area contributed by atoms with Crippen LogP contribution >= 0.6 is 0 Å². The largest absolute Gasteiger partial charge is 0.394 e. The maximum atomic E-state index is 12.1. The highest BCUT2D eigenvalue weighted by molar-refractivity contribution is 5.76. The van der Waals surface area contributed by atoms with Gasteiger partial charge in [0.25, 0.3) is 0 Å². The van der Waals surface area contributed by atoms with Crippen molar-refractivity contribution in [2.24, 2.45) is 5.73 Å². The van der Waals surface area contributed by atoms with E-state index in [-0.39, 0.29) is 12.0 Å². The first-order chi connectivity index (χ1) is 11.9. The van der Waals surface area contributed by atoms with Crippen LogP contribution in [0.25, 0.3) is 0 Å². The number of rotatable bonds is 7. The van der Waals surface area contributed by atoms with Crippen LogP contribution in [0.5, 0.6) is 0 Å². The lowest BCUT2D eigenvalue weighted by Gasteiger charge is -2.40. The molecule has 0 aromatic carbocycles. The fraction of sp³-hybridized carbons (Fsp3) is 0.938. The zero-order valence-electron chi connectivity index (χ0n) is 14.4. The van der Waals surface area contributed by atoms with E-state index in [0.717, 1.165) is 0 Å². The molecule has 0 aromatic rings. The molecule has 2 heterocycles. The Morgan fingerprint density at radius 2 is 1.84 bits per heavy atom. The molecule has 6 N–H and O–H groups in total. The molecule has 0 aliphatic carbocycles. The van der Waals surface area contributed by atoms with Crippen LogP contribution in [0.3, 0.4) is 0 Å². The zero-order valence-corrected chi connectivity index (χ0v) is 14.4. The number of ether oxygens (including phenoxy) is 2. The molecular weight excluding hydrogens is 332 g/mol. The smallest absolute Gasteiger partial charge is 0.222 e. The van der Waals surface area contributed by atoms with Gasteiger partial charge in [-0.3, -0.25) is 4.79 Å². The molecule has 5 atom stereocenters. The van der Waals surface area contributed by atoms with Crippen LogP contribution in [0.2, 0.25) is 0 Å². The molecule has 2 fully saturated rings. The number of aliphatic hydroxyl groups is 4. The Balaban J connectivity index is 1.63. The Hall–Kier alpha value is -0.810. The first kappa shape index (κ1) is 20.5. The third-order valence-electron chi connectivity index (χ3n) is 4.81. The predicted octanol–water partition coefficient (Wildman–Crippen LogP) is -2.08. The fourth-order valence-corrected chi connectivity index (χ4v) is 3.10. The van der Waals surface area contributed by atoms with Gasteiger partial charge >= 0.3 is 0 Å². The number of carbonyl (C=O) groups excluding carboxylic acids is 1. The van der Waals surface area contributed by atoms with Crippen LogP contribution in [0.4, 0.5) is 0 Å². The Morgan fingerprint density at radius 3 is 2.48 bits per heavy atom. The average Bonchev–Trinajstić information content (AvgIpc) is 2.61. The van der Waals surface area contributed by atoms with Crippen LogP contribution in [0.15, 0.2) is 0 Å². The summed E-state index contributed by atoms with van der Waals surface area (Å²) in [6.07, 6.45) is -1.67. The fourth-order valence-electron chi connectivity index (χ4n) is 3.10. The van der Waals surface area contributed by atoms with Crippen molar-refractivity contribution in [3.8, 4) is 0 Å². The second-order valence-corrected chi connectivity index (χ2v) is 6.72. The van der Waals surface area contributed by atoms with E-state index in [0.29, 0.717) is 51.8 Å². The number of hydrogen-bond donors (Lipinski definition) is 5. The third-order valence-corrected chi connectivity index (χ3v) is 4.81. The summed E-state index contributed by atoms with van der Waals surface area (Å²) in [4.78, 5) is 13.8. The number of amides is 1. The van der Waals surface area contributed by atoms with Crippen molar-refractivity contribution in [1.29, 1.82) is 0 Å². The molecule has 9 heteroatoms. The van der Waals surface area contributed by atoms with Crippen molar-refractivity contribution >= 4 is 5.91 Å². The normalized spacial score (nSPS) is 34.3. The topological polar surface area (TPSA) is 146 Å². The Kier molecular flexibility index (Phi) is 8.01. The van der Waals surface area contributed by atoms with E-state index in [9.17, 15) is 20.1 Å². The van der Waals surface area contributed by atoms with Gasteiger partial charge in [0.05, 0.1) is 18.8 Å². The first-order valence-electron chi connectivity index (χ1n) is 8.89. The first-order valence-corrected chi connectivity index (χ1v) is 8.89. The molecule has 0 spiro atoms. The van der Waals surface area contributed by atoms with Crippen LogP contribution in [-0.4, -0.2) is 94.3 Å². The molecule has 0 bridgehead atoms. The van der Waals surface area contributed by atoms with Gasteiger partial charge in [0.1, 0.15) is 18.3 Å². The maximum absolute atomic E-state index is 12.1. The lowest BCUT2D eigenvalue weighted by Crippen LogP contribution is -2.62. The molecule has 0 aromatic heterocycles. The second kappa shape index (κ2) is 9.77. The van der Waals surface area contributed by atoms with Gasteiger partial charge in [-0.25, -0.2) is 0 Å². The number of nitrogens with zero attached hydrogens (tertiary/aromatic N) is 1. The van der Waals surface area contributed by atoms with Crippen molar-refractivity contribution in [2.45, 2.75) is 68.9 Å². The van der Waals surface area contributed by atoms with Crippen LogP contribution in [0, 0.1) is 0 Å². The number of unbranched alkanes of at least 4 members (excludes halogenated alkanes) is 1. The summed E-state index contributed by atoms with van der Waals surface area (Å²) in [6.45, 7) is 1.06. The van der Waals surface area contributed by atoms with E-state index in [2.05, 4.69) is 0 Å². The maximum Gasteiger partial charge on any atom is 0.222 e. The molecule has 9 nitrogen and oxygen atoms in total. The highest BCUT2D eigenvalue weighted by Gasteiger charge is 2.42. The van der Waals surface area contributed by atoms with Gasteiger partial charge in [0, 0.05) is 26.1 Å². The molecular formula is C16H30N2O7. The minimum atomic E-state index is -1.25. The van der Waals surface area contributed by atoms with Gasteiger partial charge < -0.3 is 40.5 Å². The summed E-state index contributed by atoms with van der Waals surface area (Å²) in [5, 5.41) is 38.1. The van der Waals surface area contributed by atoms with E-state index in [4.69, 9.17) is 20.3 Å². The number of likely N-dealkylation sites (tertiary alicyclic amines) is 1. The lowest BCUT2D eigenvalue weighted by atomic mass is 9.98. The molecule has 0 saturated carbocycles. The molecule has 2 aliphatic heterocycles. The highest BCUT2D eigenvalue weighted by Crippen LogP contribution is 2.21. The molecule has 2 unspecified atom stereocenters. The standard InChI is InChI=1S/C16H30N2O7/c17-13-15(23)14(22)11(9-19)25-16(13)24-8-2-1-3-12(21)18-6-4-10(20)5-7-18/h10-11,13-16,19-20,22-23H,1-9,17H2/t11?,13-,14-,15?,16+/m0/s1. The van der Waals surface area contributed by atoms with E-state index in [1.165, 1.54) is 0 Å². The summed E-state index contributed by atoms with van der Waals surface area (Å²) in [7, 11) is 0. The molecule has 1 amide bonds. The summed E-state index contributed by atoms with van der Waals surface area (Å²) in [5.41, 5.74) is 5.78. The Labute approximate surface area is 147 Å². The number of carbonyl (C=O) groups is 1. The lowest BCUT2D eigenvalue weighted by molar-refractivity contribution is -0.265. The van der Waals surface area contributed by atoms with Crippen LogP contribution in [-0.2, 0) is 14.3 Å². The second-order valence-electron chi connectivity index (χ2n) is 6.72. The van der Waals surface area contributed by atoms with Gasteiger partial charge in [0.2, 0.25) is 5.91 Å². The van der Waals surface area contributed by atoms with Crippen molar-refractivity contribution in [2.75, 3.05) is 26.3 Å². The molecule has 2 saturated heterocycles. The van der Waals surface area contributed by atoms with E-state index >= 15 is 0 Å². The van der Waals surface area contributed by atoms with Crippen molar-refractivity contribution in [3.05, 3.63) is 0 Å². The summed E-state index contributed by atoms with van der Waals surface area (Å²) in [6, 6.07) is -0.904. The van der Waals surface area contributed by atoms with Crippen molar-refractivity contribution in [1.82, 2.24) is 4.90 Å². The highest BCUT2D eigenvalue weighted by atomic mass is 16.7. The minimum absolute atomic E-state index is 0.0800. The van der Waals surface area contributed by atoms with Gasteiger partial charge in [-0.05, 0) is 25.7 Å². The summed E-state index contributed by atoms with van der Waals surface area (Å²) < 4.78 is 10.9. The molecule has 0 radical (unpaired) electrons. The van der Waals surface area contributed by atoms with Crippen molar-refractivity contribution in [3.63, 3.8) is 0 Å². The monoisotopic (exact) mass is 362 g/mol. The van der Waals surface area contributed by atoms with Gasteiger partial charge in [0.15, 0.2) is 6.29 Å². The quantitative estimate of drug-likeness (QED) is 0.325. The Bertz CT molecular complexity index is 415. The Morgan fingerprint density at radius 1 is 1.16 bits per heavy atom. The predicted molar refractivity (Wildman–Crippen MR) is 87.4 cm³/mol. The SMILES string of the molecule is N[C@H]1C(O)[C@@H](O)C(CO)O[C@H]1OCCCCC(=O)N1CCC(O)CC1. The zero-order chi connectivity index (χ0) is 18.4. The third kappa shape index (κ3) is 5.58. The summed E-state index contributed by atoms with van der Waals surface area (Å²) in [5.74, 6) is 0.0800. The van der Waals surface area contributed by atoms with E-state index in [1.54, 1.807) is 4.90 Å². The number of nitrogens with two attached hydrogens (primary N) is 1. The molecule has 25 heavy (non-hydrogen) atoms. The van der Waals surface area contributed by atoms with Crippen LogP contribution < -0.4 is 5.73 Å². The van der Waals surface area contributed by atoms with E-state index in [1.807, 2.05) is 0 Å². The average molecular weight is 362 g/mol. The summed E-state index contributed by atoms with van der Waals surface area (Å²) >= 11 is 0. The van der Waals surface area contributed by atoms with Gasteiger partial charge in [-0.2, -0.15) is 0 Å². The van der Waals surface area contributed by atoms with Crippen LogP contribution in [0.1, 0.15) is 32.1 Å². The van der Waals surface area contributed by atoms with Crippen molar-refractivity contribution < 1.29 is 34.7 Å². The number of hydrogen-bond acceptors (Lipinski definition) is 8. The molecule has 2 rings (SSSR count). The van der Waals surface area contributed by atoms with E-state index < -0.39 is 37.3 Å². The number of aliphatic hydroxyl groups excluding tert-OH is 4. The van der Waals surface area contributed by atoms with Gasteiger partial charge in [-0.15, -0.1) is 0 Å². The molecule has 146 valence electrons. The van der Waals surface area contributed by atoms with Gasteiger partial charge in [-0.1, -0.05) is 0 Å². The minimum Gasteiger partial charge on any atom is -0.394 e.